The summed E-state index contributed by atoms with van der Waals surface area (Å²) in [6, 6.07) is 9.13. The first-order valence-corrected chi connectivity index (χ1v) is 10.8. The molecule has 1 heterocycles. The quantitative estimate of drug-likeness (QED) is 0.665. The van der Waals surface area contributed by atoms with E-state index in [0.717, 1.165) is 18.4 Å². The Labute approximate surface area is 175 Å². The maximum Gasteiger partial charge on any atom is 0.389 e. The van der Waals surface area contributed by atoms with E-state index in [1.165, 1.54) is 11.4 Å². The van der Waals surface area contributed by atoms with Crippen LogP contribution in [0.1, 0.15) is 64.4 Å². The third-order valence-corrected chi connectivity index (χ3v) is 8.20. The van der Waals surface area contributed by atoms with Crippen molar-refractivity contribution in [3.8, 4) is 0 Å². The summed E-state index contributed by atoms with van der Waals surface area (Å²) in [6.07, 6.45) is -2.14. The van der Waals surface area contributed by atoms with Gasteiger partial charge in [0.05, 0.1) is 6.54 Å². The lowest BCUT2D eigenvalue weighted by Crippen LogP contribution is -2.50. The average molecular weight is 422 g/mol. The fourth-order valence-corrected chi connectivity index (χ4v) is 5.79. The van der Waals surface area contributed by atoms with Gasteiger partial charge in [0.15, 0.2) is 0 Å². The molecule has 1 N–H and O–H groups in total. The number of benzene rings is 1. The zero-order chi connectivity index (χ0) is 21.7. The Bertz CT molecular complexity index is 836. The second-order valence-corrected chi connectivity index (χ2v) is 9.86. The van der Waals surface area contributed by atoms with Gasteiger partial charge in [0.1, 0.15) is 0 Å². The van der Waals surface area contributed by atoms with Crippen LogP contribution in [0.5, 0.6) is 0 Å². The predicted molar refractivity (Wildman–Crippen MR) is 110 cm³/mol. The molecule has 0 aromatic heterocycles. The van der Waals surface area contributed by atoms with E-state index >= 15 is 0 Å². The molecule has 1 aromatic rings. The van der Waals surface area contributed by atoms with Gasteiger partial charge in [-0.15, -0.1) is 0 Å². The van der Waals surface area contributed by atoms with Crippen LogP contribution >= 0.6 is 0 Å². The van der Waals surface area contributed by atoms with Crippen LogP contribution in [0.4, 0.5) is 18.0 Å². The molecule has 4 nitrogen and oxygen atoms in total. The lowest BCUT2D eigenvalue weighted by Gasteiger charge is -2.39. The maximum atomic E-state index is 13.0. The highest BCUT2D eigenvalue weighted by molar-refractivity contribution is 5.94. The van der Waals surface area contributed by atoms with E-state index in [2.05, 4.69) is 31.2 Å². The number of rotatable bonds is 4. The SMILES string of the molecule is CC1(C)[C@H]2CC[C@@]1(C)[C@@H](NC(=O)N1CC(c3ccccc3)C(CCC(F)(F)F)=N1)C2. The number of nitrogens with zero attached hydrogens (tertiary/aromatic N) is 2. The monoisotopic (exact) mass is 421 g/mol. The van der Waals surface area contributed by atoms with E-state index in [0.29, 0.717) is 11.6 Å². The smallest absolute Gasteiger partial charge is 0.333 e. The van der Waals surface area contributed by atoms with E-state index in [1.807, 2.05) is 30.3 Å². The molecule has 2 aliphatic carbocycles. The van der Waals surface area contributed by atoms with Crippen molar-refractivity contribution in [3.63, 3.8) is 0 Å². The first-order chi connectivity index (χ1) is 14.0. The Morgan fingerprint density at radius 2 is 1.93 bits per heavy atom. The molecule has 2 fully saturated rings. The lowest BCUT2D eigenvalue weighted by molar-refractivity contribution is -0.132. The molecule has 0 radical (unpaired) electrons. The Morgan fingerprint density at radius 3 is 2.50 bits per heavy atom. The minimum atomic E-state index is -4.25. The molecule has 7 heteroatoms. The molecule has 2 saturated carbocycles. The number of urea groups is 1. The summed E-state index contributed by atoms with van der Waals surface area (Å²) in [5.41, 5.74) is 1.52. The summed E-state index contributed by atoms with van der Waals surface area (Å²) >= 11 is 0. The van der Waals surface area contributed by atoms with Crippen LogP contribution in [-0.4, -0.2) is 35.5 Å². The molecule has 164 valence electrons. The summed E-state index contributed by atoms with van der Waals surface area (Å²) in [5, 5.41) is 8.86. The summed E-state index contributed by atoms with van der Waals surface area (Å²) < 4.78 is 38.5. The van der Waals surface area contributed by atoms with E-state index in [4.69, 9.17) is 0 Å². The zero-order valence-corrected chi connectivity index (χ0v) is 17.8. The number of hydrogen-bond donors (Lipinski definition) is 1. The van der Waals surface area contributed by atoms with Gasteiger partial charge in [-0.05, 0) is 48.0 Å². The van der Waals surface area contributed by atoms with Crippen molar-refractivity contribution < 1.29 is 18.0 Å². The second kappa shape index (κ2) is 7.27. The molecule has 0 spiro atoms. The first-order valence-electron chi connectivity index (χ1n) is 10.8. The molecule has 4 rings (SSSR count). The van der Waals surface area contributed by atoms with Gasteiger partial charge >= 0.3 is 12.2 Å². The first kappa shape index (κ1) is 21.2. The van der Waals surface area contributed by atoms with Gasteiger partial charge in [0, 0.05) is 24.1 Å². The summed E-state index contributed by atoms with van der Waals surface area (Å²) in [4.78, 5) is 13.0. The predicted octanol–water partition coefficient (Wildman–Crippen LogP) is 5.71. The number of carbonyl (C=O) groups is 1. The van der Waals surface area contributed by atoms with E-state index < -0.39 is 12.6 Å². The molecule has 4 atom stereocenters. The van der Waals surface area contributed by atoms with E-state index in [1.54, 1.807) is 0 Å². The number of hydrogen-bond acceptors (Lipinski definition) is 2. The van der Waals surface area contributed by atoms with Crippen molar-refractivity contribution in [2.24, 2.45) is 21.8 Å². The zero-order valence-electron chi connectivity index (χ0n) is 17.8. The van der Waals surface area contributed by atoms with Crippen molar-refractivity contribution in [3.05, 3.63) is 35.9 Å². The topological polar surface area (TPSA) is 44.7 Å². The second-order valence-electron chi connectivity index (χ2n) is 9.86. The fourth-order valence-electron chi connectivity index (χ4n) is 5.79. The van der Waals surface area contributed by atoms with Gasteiger partial charge in [-0.25, -0.2) is 9.80 Å². The number of amides is 2. The van der Waals surface area contributed by atoms with Gasteiger partial charge in [-0.1, -0.05) is 51.1 Å². The Balaban J connectivity index is 1.49. The fraction of sp³-hybridized carbons (Fsp3) is 0.652. The summed E-state index contributed by atoms with van der Waals surface area (Å²) in [7, 11) is 0. The Kier molecular flexibility index (Phi) is 5.14. The highest BCUT2D eigenvalue weighted by Crippen LogP contribution is 2.65. The third-order valence-electron chi connectivity index (χ3n) is 8.20. The molecular formula is C23H30F3N3O. The number of fused-ring (bicyclic) bond motifs is 2. The van der Waals surface area contributed by atoms with E-state index in [9.17, 15) is 18.0 Å². The van der Waals surface area contributed by atoms with Crippen LogP contribution in [0, 0.1) is 16.7 Å². The standard InChI is InChI=1S/C23H30F3N3O/c1-21(2)16-9-11-22(21,3)19(13-16)27-20(30)29-14-17(15-7-5-4-6-8-15)18(28-29)10-12-23(24,25)26/h4-8,16-17,19H,9-14H2,1-3H3,(H,27,30)/t16-,17?,19-,22-/m0/s1. The third kappa shape index (κ3) is 3.60. The van der Waals surface area contributed by atoms with Gasteiger partial charge in [-0.3, -0.25) is 0 Å². The van der Waals surface area contributed by atoms with Crippen LogP contribution in [0.15, 0.2) is 35.4 Å². The molecule has 30 heavy (non-hydrogen) atoms. The minimum Gasteiger partial charge on any atom is -0.333 e. The molecule has 3 aliphatic rings. The van der Waals surface area contributed by atoms with Gasteiger partial charge in [0.2, 0.25) is 0 Å². The minimum absolute atomic E-state index is 0.0364. The van der Waals surface area contributed by atoms with Crippen molar-refractivity contribution >= 4 is 11.7 Å². The lowest BCUT2D eigenvalue weighted by atomic mass is 9.69. The van der Waals surface area contributed by atoms with Crippen molar-refractivity contribution in [1.82, 2.24) is 10.3 Å². The maximum absolute atomic E-state index is 13.0. The molecule has 1 unspecified atom stereocenters. The van der Waals surface area contributed by atoms with Crippen molar-refractivity contribution in [1.29, 1.82) is 0 Å². The Hall–Kier alpha value is -2.05. The van der Waals surface area contributed by atoms with Crippen molar-refractivity contribution in [2.45, 2.75) is 71.0 Å². The summed E-state index contributed by atoms with van der Waals surface area (Å²) in [6.45, 7) is 7.09. The van der Waals surface area contributed by atoms with Gasteiger partial charge in [-0.2, -0.15) is 18.3 Å². The van der Waals surface area contributed by atoms with Crippen LogP contribution in [0.2, 0.25) is 0 Å². The number of halogens is 3. The van der Waals surface area contributed by atoms with E-state index in [-0.39, 0.29) is 41.8 Å². The largest absolute Gasteiger partial charge is 0.389 e. The molecule has 1 aliphatic heterocycles. The number of carbonyl (C=O) groups excluding carboxylic acids is 1. The normalized spacial score (nSPS) is 32.4. The molecule has 0 saturated heterocycles. The van der Waals surface area contributed by atoms with Crippen LogP contribution in [0.3, 0.4) is 0 Å². The molecular weight excluding hydrogens is 391 g/mol. The molecule has 2 bridgehead atoms. The van der Waals surface area contributed by atoms with Crippen LogP contribution in [-0.2, 0) is 0 Å². The Morgan fingerprint density at radius 1 is 1.23 bits per heavy atom. The summed E-state index contributed by atoms with van der Waals surface area (Å²) in [5.74, 6) is 0.292. The van der Waals surface area contributed by atoms with Crippen LogP contribution < -0.4 is 5.32 Å². The van der Waals surface area contributed by atoms with Crippen LogP contribution in [0.25, 0.3) is 0 Å². The average Bonchev–Trinajstić information content (AvgIpc) is 3.26. The van der Waals surface area contributed by atoms with Gasteiger partial charge in [0.25, 0.3) is 0 Å². The number of hydrazone groups is 1. The van der Waals surface area contributed by atoms with Gasteiger partial charge < -0.3 is 5.32 Å². The highest BCUT2D eigenvalue weighted by atomic mass is 19.4. The molecule has 1 aromatic carbocycles. The highest BCUT2D eigenvalue weighted by Gasteiger charge is 2.61. The number of alkyl halides is 3. The van der Waals surface area contributed by atoms with Crippen molar-refractivity contribution in [2.75, 3.05) is 6.54 Å². The number of nitrogens with one attached hydrogen (secondary N) is 1. The molecule has 2 amide bonds.